The second-order valence-corrected chi connectivity index (χ2v) is 5.51. The summed E-state index contributed by atoms with van der Waals surface area (Å²) in [5, 5.41) is 13.8. The van der Waals surface area contributed by atoms with Crippen molar-refractivity contribution in [2.45, 2.75) is 13.5 Å². The standard InChI is InChI=1S/C14H11Cl2N3O4/c1-8-5-9(19(22)23)6-18(14(8)21)7-12(20)17-11-4-2-3-10(15)13(11)16/h2-6H,7H2,1H3,(H,17,20). The number of nitrogens with zero attached hydrogens (tertiary/aromatic N) is 2. The van der Waals surface area contributed by atoms with Crippen molar-refractivity contribution in [1.29, 1.82) is 0 Å². The van der Waals surface area contributed by atoms with Crippen molar-refractivity contribution in [3.63, 3.8) is 0 Å². The second-order valence-electron chi connectivity index (χ2n) is 4.72. The van der Waals surface area contributed by atoms with Gasteiger partial charge in [-0.3, -0.25) is 24.3 Å². The van der Waals surface area contributed by atoms with Crippen LogP contribution in [0.2, 0.25) is 10.0 Å². The lowest BCUT2D eigenvalue weighted by atomic mass is 10.3. The number of aromatic nitrogens is 1. The third-order valence-corrected chi connectivity index (χ3v) is 3.82. The van der Waals surface area contributed by atoms with E-state index in [2.05, 4.69) is 5.32 Å². The van der Waals surface area contributed by atoms with Crippen LogP contribution in [0.3, 0.4) is 0 Å². The monoisotopic (exact) mass is 355 g/mol. The first-order valence-corrected chi connectivity index (χ1v) is 7.14. The summed E-state index contributed by atoms with van der Waals surface area (Å²) in [4.78, 5) is 34.2. The van der Waals surface area contributed by atoms with Gasteiger partial charge in [-0.05, 0) is 19.1 Å². The summed E-state index contributed by atoms with van der Waals surface area (Å²) in [5.41, 5.74) is -0.286. The van der Waals surface area contributed by atoms with Crippen LogP contribution < -0.4 is 10.9 Å². The van der Waals surface area contributed by atoms with Gasteiger partial charge in [-0.1, -0.05) is 29.3 Å². The smallest absolute Gasteiger partial charge is 0.286 e. The Balaban J connectivity index is 2.25. The minimum atomic E-state index is -0.630. The van der Waals surface area contributed by atoms with Crippen LogP contribution in [0.5, 0.6) is 0 Å². The minimum Gasteiger partial charge on any atom is -0.323 e. The van der Waals surface area contributed by atoms with Crippen molar-refractivity contribution in [1.82, 2.24) is 4.57 Å². The molecule has 0 saturated heterocycles. The highest BCUT2D eigenvalue weighted by atomic mass is 35.5. The molecule has 0 unspecified atom stereocenters. The zero-order valence-electron chi connectivity index (χ0n) is 11.9. The Hall–Kier alpha value is -2.38. The lowest BCUT2D eigenvalue weighted by Crippen LogP contribution is -2.28. The van der Waals surface area contributed by atoms with Gasteiger partial charge in [0, 0.05) is 11.6 Å². The quantitative estimate of drug-likeness (QED) is 0.673. The highest BCUT2D eigenvalue weighted by Crippen LogP contribution is 2.29. The molecule has 2 aromatic rings. The van der Waals surface area contributed by atoms with E-state index < -0.39 is 16.4 Å². The van der Waals surface area contributed by atoms with Crippen molar-refractivity contribution in [3.05, 3.63) is 66.5 Å². The van der Waals surface area contributed by atoms with Crippen LogP contribution in [0.25, 0.3) is 0 Å². The van der Waals surface area contributed by atoms with Gasteiger partial charge in [0.05, 0.1) is 26.9 Å². The molecule has 1 N–H and O–H groups in total. The van der Waals surface area contributed by atoms with Crippen LogP contribution in [0, 0.1) is 17.0 Å². The summed E-state index contributed by atoms with van der Waals surface area (Å²) in [7, 11) is 0. The van der Waals surface area contributed by atoms with Crippen molar-refractivity contribution in [2.24, 2.45) is 0 Å². The highest BCUT2D eigenvalue weighted by Gasteiger charge is 2.14. The number of amides is 1. The molecule has 0 fully saturated rings. The predicted octanol–water partition coefficient (Wildman–Crippen LogP) is 3.01. The molecule has 0 aliphatic rings. The fourth-order valence-electron chi connectivity index (χ4n) is 1.93. The molecule has 7 nitrogen and oxygen atoms in total. The molecule has 0 aliphatic carbocycles. The summed E-state index contributed by atoms with van der Waals surface area (Å²) in [5.74, 6) is -0.559. The van der Waals surface area contributed by atoms with Gasteiger partial charge in [-0.25, -0.2) is 0 Å². The lowest BCUT2D eigenvalue weighted by Gasteiger charge is -2.10. The molecule has 120 valence electrons. The van der Waals surface area contributed by atoms with Gasteiger partial charge in [0.1, 0.15) is 6.54 Å². The van der Waals surface area contributed by atoms with Crippen LogP contribution in [-0.4, -0.2) is 15.4 Å². The Morgan fingerprint density at radius 3 is 2.74 bits per heavy atom. The Kier molecular flexibility index (Phi) is 5.02. The number of nitrogens with one attached hydrogen (secondary N) is 1. The average Bonchev–Trinajstić information content (AvgIpc) is 2.48. The number of carbonyl (C=O) groups excluding carboxylic acids is 1. The van der Waals surface area contributed by atoms with Gasteiger partial charge < -0.3 is 5.32 Å². The van der Waals surface area contributed by atoms with E-state index in [1.807, 2.05) is 0 Å². The number of anilines is 1. The van der Waals surface area contributed by atoms with Gasteiger partial charge >= 0.3 is 0 Å². The van der Waals surface area contributed by atoms with E-state index in [1.165, 1.54) is 6.92 Å². The number of nitro groups is 1. The number of carbonyl (C=O) groups is 1. The molecular formula is C14H11Cl2N3O4. The number of rotatable bonds is 4. The first-order chi connectivity index (χ1) is 10.8. The molecule has 1 amide bonds. The maximum Gasteiger partial charge on any atom is 0.286 e. The van der Waals surface area contributed by atoms with Crippen LogP contribution in [0.15, 0.2) is 35.3 Å². The second kappa shape index (κ2) is 6.80. The predicted molar refractivity (Wildman–Crippen MR) is 87.2 cm³/mol. The normalized spacial score (nSPS) is 10.4. The number of halogens is 2. The first kappa shape index (κ1) is 17.0. The van der Waals surface area contributed by atoms with E-state index >= 15 is 0 Å². The molecular weight excluding hydrogens is 345 g/mol. The first-order valence-electron chi connectivity index (χ1n) is 6.39. The van der Waals surface area contributed by atoms with Gasteiger partial charge in [0.25, 0.3) is 11.2 Å². The Labute approximate surface area is 140 Å². The van der Waals surface area contributed by atoms with Gasteiger partial charge in [0.2, 0.25) is 5.91 Å². The number of pyridine rings is 1. The third-order valence-electron chi connectivity index (χ3n) is 3.00. The fourth-order valence-corrected chi connectivity index (χ4v) is 2.28. The Morgan fingerprint density at radius 1 is 1.39 bits per heavy atom. The van der Waals surface area contributed by atoms with Gasteiger partial charge in [-0.15, -0.1) is 0 Å². The number of aryl methyl sites for hydroxylation is 1. The van der Waals surface area contributed by atoms with Gasteiger partial charge in [-0.2, -0.15) is 0 Å². The summed E-state index contributed by atoms with van der Waals surface area (Å²) in [6.07, 6.45) is 1.02. The molecule has 0 aliphatic heterocycles. The largest absolute Gasteiger partial charge is 0.323 e. The van der Waals surface area contributed by atoms with E-state index in [-0.39, 0.29) is 27.8 Å². The molecule has 0 atom stereocenters. The minimum absolute atomic E-state index is 0.171. The van der Waals surface area contributed by atoms with Crippen LogP contribution in [0.1, 0.15) is 5.56 Å². The zero-order chi connectivity index (χ0) is 17.1. The maximum absolute atomic E-state index is 12.0. The Bertz CT molecular complexity index is 848. The van der Waals surface area contributed by atoms with E-state index in [4.69, 9.17) is 23.2 Å². The molecule has 23 heavy (non-hydrogen) atoms. The van der Waals surface area contributed by atoms with Gasteiger partial charge in [0.15, 0.2) is 0 Å². The number of benzene rings is 1. The fraction of sp³-hybridized carbons (Fsp3) is 0.143. The van der Waals surface area contributed by atoms with Crippen molar-refractivity contribution < 1.29 is 9.72 Å². The summed E-state index contributed by atoms with van der Waals surface area (Å²) in [6.45, 7) is 1.06. The Morgan fingerprint density at radius 2 is 2.09 bits per heavy atom. The average molecular weight is 356 g/mol. The summed E-state index contributed by atoms with van der Waals surface area (Å²) < 4.78 is 0.973. The van der Waals surface area contributed by atoms with Crippen LogP contribution in [-0.2, 0) is 11.3 Å². The van der Waals surface area contributed by atoms with Crippen LogP contribution in [0.4, 0.5) is 11.4 Å². The van der Waals surface area contributed by atoms with E-state index in [0.29, 0.717) is 5.69 Å². The molecule has 2 rings (SSSR count). The SMILES string of the molecule is Cc1cc([N+](=O)[O-])cn(CC(=O)Nc2cccc(Cl)c2Cl)c1=O. The molecule has 1 aromatic carbocycles. The molecule has 0 radical (unpaired) electrons. The zero-order valence-corrected chi connectivity index (χ0v) is 13.4. The lowest BCUT2D eigenvalue weighted by molar-refractivity contribution is -0.385. The highest BCUT2D eigenvalue weighted by molar-refractivity contribution is 6.43. The molecule has 0 saturated carbocycles. The summed E-state index contributed by atoms with van der Waals surface area (Å²) >= 11 is 11.8. The van der Waals surface area contributed by atoms with Crippen molar-refractivity contribution in [3.8, 4) is 0 Å². The number of hydrogen-bond acceptors (Lipinski definition) is 4. The van der Waals surface area contributed by atoms with E-state index in [0.717, 1.165) is 16.8 Å². The molecule has 1 heterocycles. The van der Waals surface area contributed by atoms with Crippen molar-refractivity contribution in [2.75, 3.05) is 5.32 Å². The molecule has 1 aromatic heterocycles. The van der Waals surface area contributed by atoms with E-state index in [1.54, 1.807) is 18.2 Å². The third kappa shape index (κ3) is 3.88. The topological polar surface area (TPSA) is 94.2 Å². The van der Waals surface area contributed by atoms with E-state index in [9.17, 15) is 19.7 Å². The summed E-state index contributed by atoms with van der Waals surface area (Å²) in [6, 6.07) is 5.87. The molecule has 9 heteroatoms. The molecule has 0 spiro atoms. The van der Waals surface area contributed by atoms with Crippen LogP contribution >= 0.6 is 23.2 Å². The number of hydrogen-bond donors (Lipinski definition) is 1. The van der Waals surface area contributed by atoms with Crippen molar-refractivity contribution >= 4 is 40.5 Å². The maximum atomic E-state index is 12.0. The molecule has 0 bridgehead atoms.